The molecule has 5 rings (SSSR count). The minimum atomic E-state index is -2.69. The third-order valence-electron chi connectivity index (χ3n) is 7.48. The number of amides is 2. The molecule has 0 spiro atoms. The van der Waals surface area contributed by atoms with E-state index in [1.54, 1.807) is 29.9 Å². The number of carbonyl (C=O) groups excluding carboxylic acids is 2. The van der Waals surface area contributed by atoms with Gasteiger partial charge in [-0.2, -0.15) is 15.3 Å². The van der Waals surface area contributed by atoms with Crippen LogP contribution in [0.15, 0.2) is 30.7 Å². The predicted molar refractivity (Wildman–Crippen MR) is 135 cm³/mol. The molecule has 3 aromatic rings. The first kappa shape index (κ1) is 26.1. The van der Waals surface area contributed by atoms with Gasteiger partial charge < -0.3 is 10.6 Å². The summed E-state index contributed by atoms with van der Waals surface area (Å²) in [4.78, 5) is 30.2. The van der Waals surface area contributed by atoms with Crippen LogP contribution in [0.1, 0.15) is 97.7 Å². The van der Waals surface area contributed by atoms with E-state index in [0.717, 1.165) is 24.8 Å². The second-order valence-electron chi connectivity index (χ2n) is 10.6. The number of nitrogens with zero attached hydrogens (tertiary/aromatic N) is 5. The summed E-state index contributed by atoms with van der Waals surface area (Å²) in [6, 6.07) is 2.86. The van der Waals surface area contributed by atoms with Crippen molar-refractivity contribution in [3.63, 3.8) is 0 Å². The number of halogens is 2. The summed E-state index contributed by atoms with van der Waals surface area (Å²) in [6.45, 7) is 3.72. The van der Waals surface area contributed by atoms with Crippen molar-refractivity contribution in [3.8, 4) is 0 Å². The Hall–Kier alpha value is -3.50. The summed E-state index contributed by atoms with van der Waals surface area (Å²) < 4.78 is 29.5. The quantitative estimate of drug-likeness (QED) is 0.426. The predicted octanol–water partition coefficient (Wildman–Crippen LogP) is 4.49. The average Bonchev–Trinajstić information content (AvgIpc) is 3.64. The molecule has 11 heteroatoms. The van der Waals surface area contributed by atoms with Gasteiger partial charge in [0, 0.05) is 19.3 Å². The Bertz CT molecular complexity index is 1310. The fraction of sp³-hybridized carbons (Fsp3) is 0.556. The molecule has 2 fully saturated rings. The number of aromatic nitrogens is 5. The van der Waals surface area contributed by atoms with E-state index < -0.39 is 12.0 Å². The lowest BCUT2D eigenvalue weighted by atomic mass is 9.81. The topological polar surface area (TPSA) is 114 Å². The number of carbonyl (C=O) groups is 2. The van der Waals surface area contributed by atoms with Crippen molar-refractivity contribution in [3.05, 3.63) is 53.2 Å². The largest absolute Gasteiger partial charge is 0.349 e. The number of alkyl halides is 2. The van der Waals surface area contributed by atoms with E-state index in [9.17, 15) is 18.4 Å². The van der Waals surface area contributed by atoms with Gasteiger partial charge in [0.15, 0.2) is 5.65 Å². The molecule has 9 nitrogen and oxygen atoms in total. The molecule has 0 radical (unpaired) electrons. The van der Waals surface area contributed by atoms with Crippen molar-refractivity contribution >= 4 is 17.5 Å². The Morgan fingerprint density at radius 1 is 1.08 bits per heavy atom. The molecule has 0 aliphatic heterocycles. The number of hydrogen-bond acceptors (Lipinski definition) is 6. The van der Waals surface area contributed by atoms with E-state index in [2.05, 4.69) is 25.9 Å². The lowest BCUT2D eigenvalue weighted by Gasteiger charge is -2.33. The van der Waals surface area contributed by atoms with Crippen LogP contribution in [0, 0.1) is 18.8 Å². The van der Waals surface area contributed by atoms with E-state index in [0.29, 0.717) is 34.9 Å². The molecule has 2 aliphatic carbocycles. The molecule has 2 amide bonds. The molecule has 2 atom stereocenters. The number of imidazole rings is 1. The first-order valence-electron chi connectivity index (χ1n) is 13.3. The van der Waals surface area contributed by atoms with Crippen LogP contribution in [0.5, 0.6) is 0 Å². The fourth-order valence-electron chi connectivity index (χ4n) is 5.26. The van der Waals surface area contributed by atoms with Gasteiger partial charge in [0.25, 0.3) is 5.91 Å². The van der Waals surface area contributed by atoms with E-state index in [1.165, 1.54) is 6.20 Å². The second-order valence-corrected chi connectivity index (χ2v) is 10.6. The number of rotatable bonds is 9. The van der Waals surface area contributed by atoms with Gasteiger partial charge in [0.05, 0.1) is 47.6 Å². The van der Waals surface area contributed by atoms with Crippen LogP contribution in [-0.4, -0.2) is 42.5 Å². The number of aryl methyl sites for hydroxylation is 1. The maximum atomic E-state index is 13.9. The highest BCUT2D eigenvalue weighted by atomic mass is 19.3. The lowest BCUT2D eigenvalue weighted by molar-refractivity contribution is -0.122. The van der Waals surface area contributed by atoms with Crippen molar-refractivity contribution in [2.45, 2.75) is 83.2 Å². The minimum absolute atomic E-state index is 0.0195. The molecule has 0 bridgehead atoms. The summed E-state index contributed by atoms with van der Waals surface area (Å²) >= 11 is 0. The second kappa shape index (κ2) is 10.7. The molecule has 202 valence electrons. The van der Waals surface area contributed by atoms with E-state index >= 15 is 0 Å². The Labute approximate surface area is 219 Å². The Morgan fingerprint density at radius 2 is 1.82 bits per heavy atom. The molecule has 3 aromatic heterocycles. The van der Waals surface area contributed by atoms with Crippen LogP contribution in [-0.2, 0) is 4.79 Å². The van der Waals surface area contributed by atoms with Crippen LogP contribution >= 0.6 is 0 Å². The number of hydrogen-bond donors (Lipinski definition) is 2. The van der Waals surface area contributed by atoms with Crippen molar-refractivity contribution in [2.75, 3.05) is 0 Å². The third kappa shape index (κ3) is 5.97. The maximum Gasteiger partial charge on any atom is 0.253 e. The molecule has 0 aromatic carbocycles. The summed E-state index contributed by atoms with van der Waals surface area (Å²) in [5.41, 5.74) is 2.98. The van der Waals surface area contributed by atoms with Gasteiger partial charge in [-0.25, -0.2) is 18.3 Å². The SMILES string of the molecule is CCCC(=O)N[C@@H](c1cnn2cc([C@@H](NC(=O)c3cnnc(C)c3)C3CCC(F)(F)CC3)nc2c1)C1CC1. The number of fused-ring (bicyclic) bond motifs is 1. The highest BCUT2D eigenvalue weighted by Gasteiger charge is 2.39. The molecule has 0 saturated heterocycles. The minimum Gasteiger partial charge on any atom is -0.349 e. The van der Waals surface area contributed by atoms with Gasteiger partial charge in [-0.1, -0.05) is 6.92 Å². The van der Waals surface area contributed by atoms with Crippen molar-refractivity contribution < 1.29 is 18.4 Å². The van der Waals surface area contributed by atoms with Gasteiger partial charge in [-0.15, -0.1) is 0 Å². The molecular weight excluding hydrogens is 492 g/mol. The Balaban J connectivity index is 1.43. The zero-order valence-electron chi connectivity index (χ0n) is 21.7. The van der Waals surface area contributed by atoms with Crippen LogP contribution in [0.3, 0.4) is 0 Å². The standard InChI is InChI=1S/C27H33F2N7O2/c1-3-4-23(37)33-24(17-5-6-17)19-12-22-32-21(15-36(22)31-14-19)25(18-7-9-27(28,29)10-8-18)34-26(38)20-11-16(2)35-30-13-20/h11-15,17-18,24-25H,3-10H2,1-2H3,(H,33,37)(H,34,38)/t24-,25+/m1/s1. The van der Waals surface area contributed by atoms with E-state index in [4.69, 9.17) is 4.98 Å². The Kier molecular flexibility index (Phi) is 7.36. The first-order valence-corrected chi connectivity index (χ1v) is 13.3. The van der Waals surface area contributed by atoms with Gasteiger partial charge in [0.2, 0.25) is 11.8 Å². The van der Waals surface area contributed by atoms with E-state index in [-0.39, 0.29) is 49.5 Å². The van der Waals surface area contributed by atoms with Crippen LogP contribution in [0.25, 0.3) is 5.65 Å². The Morgan fingerprint density at radius 3 is 2.50 bits per heavy atom. The molecule has 38 heavy (non-hydrogen) atoms. The average molecular weight is 526 g/mol. The smallest absolute Gasteiger partial charge is 0.253 e. The zero-order chi connectivity index (χ0) is 26.9. The van der Waals surface area contributed by atoms with Crippen LogP contribution in [0.4, 0.5) is 8.78 Å². The summed E-state index contributed by atoms with van der Waals surface area (Å²) in [5.74, 6) is -2.85. The van der Waals surface area contributed by atoms with Crippen LogP contribution < -0.4 is 10.6 Å². The molecular formula is C27H33F2N7O2. The normalized spacial score (nSPS) is 19.2. The third-order valence-corrected chi connectivity index (χ3v) is 7.48. The fourth-order valence-corrected chi connectivity index (χ4v) is 5.26. The highest BCUT2D eigenvalue weighted by Crippen LogP contribution is 2.42. The van der Waals surface area contributed by atoms with Crippen molar-refractivity contribution in [2.24, 2.45) is 11.8 Å². The van der Waals surface area contributed by atoms with Gasteiger partial charge in [0.1, 0.15) is 0 Å². The van der Waals surface area contributed by atoms with E-state index in [1.807, 2.05) is 13.0 Å². The monoisotopic (exact) mass is 525 g/mol. The van der Waals surface area contributed by atoms with Crippen molar-refractivity contribution in [1.29, 1.82) is 0 Å². The van der Waals surface area contributed by atoms with Gasteiger partial charge in [-0.3, -0.25) is 9.59 Å². The lowest BCUT2D eigenvalue weighted by Crippen LogP contribution is -2.37. The first-order chi connectivity index (χ1) is 18.2. The van der Waals surface area contributed by atoms with Gasteiger partial charge in [-0.05, 0) is 68.6 Å². The summed E-state index contributed by atoms with van der Waals surface area (Å²) in [6.07, 6.45) is 8.31. The molecule has 2 aliphatic rings. The molecule has 3 heterocycles. The zero-order valence-corrected chi connectivity index (χ0v) is 21.7. The highest BCUT2D eigenvalue weighted by molar-refractivity contribution is 5.94. The van der Waals surface area contributed by atoms with Gasteiger partial charge >= 0.3 is 0 Å². The number of nitrogens with one attached hydrogen (secondary N) is 2. The summed E-state index contributed by atoms with van der Waals surface area (Å²) in [5, 5.41) is 18.5. The van der Waals surface area contributed by atoms with Crippen LogP contribution in [0.2, 0.25) is 0 Å². The molecule has 2 N–H and O–H groups in total. The summed E-state index contributed by atoms with van der Waals surface area (Å²) in [7, 11) is 0. The van der Waals surface area contributed by atoms with Crippen molar-refractivity contribution in [1.82, 2.24) is 35.4 Å². The molecule has 2 saturated carbocycles. The maximum absolute atomic E-state index is 13.9. The molecule has 0 unspecified atom stereocenters.